The Balaban J connectivity index is 3.11. The first kappa shape index (κ1) is 9.56. The molecule has 0 saturated heterocycles. The molecule has 0 fully saturated rings. The first-order chi connectivity index (χ1) is 5.65. The minimum atomic E-state index is -0.405. The van der Waals surface area contributed by atoms with Crippen LogP contribution in [0.1, 0.15) is 31.1 Å². The zero-order valence-corrected chi connectivity index (χ0v) is 8.10. The van der Waals surface area contributed by atoms with E-state index in [1.807, 2.05) is 18.2 Å². The lowest BCUT2D eigenvalue weighted by Crippen LogP contribution is -1.96. The third-order valence-electron chi connectivity index (χ3n) is 1.94. The molecule has 0 radical (unpaired) electrons. The minimum absolute atomic E-state index is 0.405. The molecule has 12 heavy (non-hydrogen) atoms. The van der Waals surface area contributed by atoms with E-state index >= 15 is 0 Å². The predicted molar refractivity (Wildman–Crippen MR) is 51.5 cm³/mol. The first-order valence-corrected chi connectivity index (χ1v) is 4.49. The van der Waals surface area contributed by atoms with E-state index in [1.165, 1.54) is 0 Å². The lowest BCUT2D eigenvalue weighted by molar-refractivity contribution is 0.198. The Morgan fingerprint density at radius 1 is 1.50 bits per heavy atom. The fourth-order valence-electron chi connectivity index (χ4n) is 1.29. The molecule has 0 saturated carbocycles. The van der Waals surface area contributed by atoms with E-state index in [2.05, 4.69) is 6.92 Å². The van der Waals surface area contributed by atoms with E-state index in [4.69, 9.17) is 11.6 Å². The Bertz CT molecular complexity index is 269. The molecule has 0 amide bonds. The highest BCUT2D eigenvalue weighted by Gasteiger charge is 2.05. The standard InChI is InChI=1S/C10H13ClO/c1-3-8-6-9(11)4-5-10(8)7(2)12/h4-7,12H,3H2,1-2H3. The van der Waals surface area contributed by atoms with E-state index in [0.29, 0.717) is 0 Å². The molecule has 0 aromatic heterocycles. The summed E-state index contributed by atoms with van der Waals surface area (Å²) in [7, 11) is 0. The molecular weight excluding hydrogens is 172 g/mol. The molecule has 2 heteroatoms. The van der Waals surface area contributed by atoms with Gasteiger partial charge in [0.1, 0.15) is 0 Å². The van der Waals surface area contributed by atoms with E-state index in [1.54, 1.807) is 6.92 Å². The van der Waals surface area contributed by atoms with Crippen LogP contribution in [-0.4, -0.2) is 5.11 Å². The van der Waals surface area contributed by atoms with Crippen molar-refractivity contribution in [3.63, 3.8) is 0 Å². The van der Waals surface area contributed by atoms with Gasteiger partial charge in [-0.2, -0.15) is 0 Å². The third kappa shape index (κ3) is 1.99. The van der Waals surface area contributed by atoms with E-state index in [0.717, 1.165) is 22.6 Å². The average Bonchev–Trinajstić information content (AvgIpc) is 2.03. The summed E-state index contributed by atoms with van der Waals surface area (Å²) in [6.07, 6.45) is 0.498. The molecule has 0 aliphatic heterocycles. The van der Waals surface area contributed by atoms with Crippen LogP contribution >= 0.6 is 11.6 Å². The van der Waals surface area contributed by atoms with Gasteiger partial charge in [-0.1, -0.05) is 24.6 Å². The van der Waals surface area contributed by atoms with Gasteiger partial charge in [-0.15, -0.1) is 0 Å². The zero-order valence-electron chi connectivity index (χ0n) is 7.34. The van der Waals surface area contributed by atoms with Gasteiger partial charge in [-0.3, -0.25) is 0 Å². The summed E-state index contributed by atoms with van der Waals surface area (Å²) in [4.78, 5) is 0. The van der Waals surface area contributed by atoms with Crippen molar-refractivity contribution in [3.8, 4) is 0 Å². The molecule has 0 bridgehead atoms. The van der Waals surface area contributed by atoms with Gasteiger partial charge in [0.2, 0.25) is 0 Å². The molecule has 1 aromatic rings. The molecule has 0 aliphatic carbocycles. The van der Waals surface area contributed by atoms with E-state index in [9.17, 15) is 5.11 Å². The van der Waals surface area contributed by atoms with Crippen molar-refractivity contribution in [2.24, 2.45) is 0 Å². The second-order valence-electron chi connectivity index (χ2n) is 2.87. The van der Waals surface area contributed by atoms with Crippen molar-refractivity contribution in [2.75, 3.05) is 0 Å². The molecule has 66 valence electrons. The van der Waals surface area contributed by atoms with Crippen LogP contribution in [0.2, 0.25) is 5.02 Å². The highest BCUT2D eigenvalue weighted by Crippen LogP contribution is 2.21. The van der Waals surface area contributed by atoms with Gasteiger partial charge in [-0.25, -0.2) is 0 Å². The van der Waals surface area contributed by atoms with Crippen molar-refractivity contribution in [2.45, 2.75) is 26.4 Å². The molecule has 1 aromatic carbocycles. The largest absolute Gasteiger partial charge is 0.389 e. The second-order valence-corrected chi connectivity index (χ2v) is 3.31. The minimum Gasteiger partial charge on any atom is -0.389 e. The maximum Gasteiger partial charge on any atom is 0.0764 e. The highest BCUT2D eigenvalue weighted by atomic mass is 35.5. The number of aliphatic hydroxyl groups excluding tert-OH is 1. The van der Waals surface area contributed by atoms with Crippen molar-refractivity contribution in [3.05, 3.63) is 34.3 Å². The normalized spacial score (nSPS) is 13.0. The smallest absolute Gasteiger partial charge is 0.0764 e. The second kappa shape index (κ2) is 3.92. The summed E-state index contributed by atoms with van der Waals surface area (Å²) in [5.41, 5.74) is 2.10. The Morgan fingerprint density at radius 3 is 2.67 bits per heavy atom. The first-order valence-electron chi connectivity index (χ1n) is 4.11. The summed E-state index contributed by atoms with van der Waals surface area (Å²) < 4.78 is 0. The third-order valence-corrected chi connectivity index (χ3v) is 2.17. The topological polar surface area (TPSA) is 20.2 Å². The predicted octanol–water partition coefficient (Wildman–Crippen LogP) is 2.96. The molecular formula is C10H13ClO. The molecule has 1 nitrogen and oxygen atoms in total. The van der Waals surface area contributed by atoms with Gasteiger partial charge < -0.3 is 5.11 Å². The van der Waals surface area contributed by atoms with Crippen molar-refractivity contribution >= 4 is 11.6 Å². The monoisotopic (exact) mass is 184 g/mol. The van der Waals surface area contributed by atoms with Gasteiger partial charge in [0.25, 0.3) is 0 Å². The summed E-state index contributed by atoms with van der Waals surface area (Å²) in [6.45, 7) is 3.82. The number of hydrogen-bond donors (Lipinski definition) is 1. The van der Waals surface area contributed by atoms with Crippen molar-refractivity contribution < 1.29 is 5.11 Å². The van der Waals surface area contributed by atoms with Crippen LogP contribution in [0.5, 0.6) is 0 Å². The average molecular weight is 185 g/mol. The van der Waals surface area contributed by atoms with Crippen molar-refractivity contribution in [1.82, 2.24) is 0 Å². The number of hydrogen-bond acceptors (Lipinski definition) is 1. The van der Waals surface area contributed by atoms with Crippen LogP contribution in [0, 0.1) is 0 Å². The molecule has 1 N–H and O–H groups in total. The van der Waals surface area contributed by atoms with Crippen LogP contribution in [0.4, 0.5) is 0 Å². The lowest BCUT2D eigenvalue weighted by Gasteiger charge is -2.10. The molecule has 0 spiro atoms. The van der Waals surface area contributed by atoms with Crippen molar-refractivity contribution in [1.29, 1.82) is 0 Å². The summed E-state index contributed by atoms with van der Waals surface area (Å²) in [6, 6.07) is 5.60. The van der Waals surface area contributed by atoms with Crippen LogP contribution in [0.3, 0.4) is 0 Å². The Morgan fingerprint density at radius 2 is 2.17 bits per heavy atom. The van der Waals surface area contributed by atoms with Crippen LogP contribution < -0.4 is 0 Å². The van der Waals surface area contributed by atoms with E-state index < -0.39 is 6.10 Å². The summed E-state index contributed by atoms with van der Waals surface area (Å²) in [5.74, 6) is 0. The molecule has 1 rings (SSSR count). The summed E-state index contributed by atoms with van der Waals surface area (Å²) >= 11 is 5.82. The summed E-state index contributed by atoms with van der Waals surface area (Å²) in [5, 5.41) is 10.1. The molecule has 1 unspecified atom stereocenters. The number of halogens is 1. The van der Waals surface area contributed by atoms with Gasteiger partial charge in [-0.05, 0) is 36.6 Å². The van der Waals surface area contributed by atoms with Gasteiger partial charge in [0.15, 0.2) is 0 Å². The van der Waals surface area contributed by atoms with Gasteiger partial charge >= 0.3 is 0 Å². The van der Waals surface area contributed by atoms with Crippen LogP contribution in [0.25, 0.3) is 0 Å². The molecule has 0 aliphatic rings. The Labute approximate surface area is 78.0 Å². The van der Waals surface area contributed by atoms with Crippen LogP contribution in [0.15, 0.2) is 18.2 Å². The van der Waals surface area contributed by atoms with Gasteiger partial charge in [0, 0.05) is 5.02 Å². The van der Waals surface area contributed by atoms with Crippen LogP contribution in [-0.2, 0) is 6.42 Å². The lowest BCUT2D eigenvalue weighted by atomic mass is 10.0. The Kier molecular flexibility index (Phi) is 3.12. The SMILES string of the molecule is CCc1cc(Cl)ccc1C(C)O. The fourth-order valence-corrected chi connectivity index (χ4v) is 1.48. The highest BCUT2D eigenvalue weighted by molar-refractivity contribution is 6.30. The number of aryl methyl sites for hydroxylation is 1. The number of rotatable bonds is 2. The Hall–Kier alpha value is -0.530. The number of aliphatic hydroxyl groups is 1. The molecule has 0 heterocycles. The van der Waals surface area contributed by atoms with Gasteiger partial charge in [0.05, 0.1) is 6.10 Å². The van der Waals surface area contributed by atoms with E-state index in [-0.39, 0.29) is 0 Å². The zero-order chi connectivity index (χ0) is 9.14. The maximum atomic E-state index is 9.38. The maximum absolute atomic E-state index is 9.38. The quantitative estimate of drug-likeness (QED) is 0.750. The molecule has 1 atom stereocenters. The number of benzene rings is 1. The fraction of sp³-hybridized carbons (Fsp3) is 0.400.